The molecule has 1 aromatic carbocycles. The molecule has 0 N–H and O–H groups in total. The Morgan fingerprint density at radius 2 is 1.68 bits per heavy atom. The van der Waals surface area contributed by atoms with Crippen molar-refractivity contribution < 1.29 is 9.59 Å². The summed E-state index contributed by atoms with van der Waals surface area (Å²) < 4.78 is 0. The Bertz CT molecular complexity index is 770. The van der Waals surface area contributed by atoms with Crippen molar-refractivity contribution in [1.29, 1.82) is 0 Å². The normalized spacial score (nSPS) is 14.9. The number of carbonyl (C=O) groups is 2. The molecule has 0 saturated heterocycles. The number of hydrogen-bond acceptors (Lipinski definition) is 3. The lowest BCUT2D eigenvalue weighted by Crippen LogP contribution is -2.31. The molecule has 3 rings (SSSR count). The van der Waals surface area contributed by atoms with Crippen molar-refractivity contribution in [3.63, 3.8) is 0 Å². The molecule has 2 aromatic rings. The number of rotatable bonds is 3. The van der Waals surface area contributed by atoms with Gasteiger partial charge in [0.2, 0.25) is 0 Å². The standard InChI is InChI=1S/C16H10Cl2N2O2/c17-11-6-4-10(5-7-11)13-14(18)16(22)20(15(13)21)9-12-3-1-2-8-19-12/h1-8H,9H2. The lowest BCUT2D eigenvalue weighted by Gasteiger charge is -2.14. The van der Waals surface area contributed by atoms with Gasteiger partial charge in [0.1, 0.15) is 5.03 Å². The van der Waals surface area contributed by atoms with Crippen LogP contribution in [0.15, 0.2) is 53.7 Å². The summed E-state index contributed by atoms with van der Waals surface area (Å²) in [7, 11) is 0. The zero-order chi connectivity index (χ0) is 15.7. The topological polar surface area (TPSA) is 50.3 Å². The summed E-state index contributed by atoms with van der Waals surface area (Å²) in [5, 5.41) is 0.464. The molecule has 0 unspecified atom stereocenters. The van der Waals surface area contributed by atoms with Crippen LogP contribution in [0.3, 0.4) is 0 Å². The first-order chi connectivity index (χ1) is 10.6. The molecule has 1 aliphatic heterocycles. The molecule has 2 amide bonds. The van der Waals surface area contributed by atoms with Gasteiger partial charge in [0.05, 0.1) is 17.8 Å². The van der Waals surface area contributed by atoms with Gasteiger partial charge in [0, 0.05) is 11.2 Å². The minimum Gasteiger partial charge on any atom is -0.268 e. The Morgan fingerprint density at radius 3 is 2.32 bits per heavy atom. The smallest absolute Gasteiger partial charge is 0.268 e. The van der Waals surface area contributed by atoms with Gasteiger partial charge >= 0.3 is 0 Å². The summed E-state index contributed by atoms with van der Waals surface area (Å²) in [5.41, 5.74) is 1.38. The van der Waals surface area contributed by atoms with Crippen molar-refractivity contribution in [2.75, 3.05) is 0 Å². The number of aromatic nitrogens is 1. The van der Waals surface area contributed by atoms with Gasteiger partial charge in [-0.3, -0.25) is 19.5 Å². The van der Waals surface area contributed by atoms with Gasteiger partial charge in [-0.15, -0.1) is 0 Å². The number of halogens is 2. The first kappa shape index (κ1) is 14.8. The third-order valence-corrected chi connectivity index (χ3v) is 3.89. The summed E-state index contributed by atoms with van der Waals surface area (Å²) in [6.45, 7) is 0.0891. The largest absolute Gasteiger partial charge is 0.273 e. The van der Waals surface area contributed by atoms with E-state index in [1.807, 2.05) is 0 Å². The maximum Gasteiger partial charge on any atom is 0.273 e. The van der Waals surface area contributed by atoms with Crippen LogP contribution in [0.5, 0.6) is 0 Å². The second-order valence-electron chi connectivity index (χ2n) is 4.71. The first-order valence-electron chi connectivity index (χ1n) is 6.50. The molecule has 6 heteroatoms. The van der Waals surface area contributed by atoms with Gasteiger partial charge in [0.25, 0.3) is 11.8 Å². The van der Waals surface area contributed by atoms with E-state index in [1.54, 1.807) is 48.7 Å². The summed E-state index contributed by atoms with van der Waals surface area (Å²) in [6, 6.07) is 11.9. The highest BCUT2D eigenvalue weighted by Gasteiger charge is 2.38. The van der Waals surface area contributed by atoms with E-state index in [-0.39, 0.29) is 17.2 Å². The van der Waals surface area contributed by atoms with E-state index >= 15 is 0 Å². The maximum absolute atomic E-state index is 12.5. The minimum absolute atomic E-state index is 0.0803. The molecule has 0 fully saturated rings. The van der Waals surface area contributed by atoms with Crippen LogP contribution in [0.4, 0.5) is 0 Å². The molecule has 110 valence electrons. The van der Waals surface area contributed by atoms with E-state index in [4.69, 9.17) is 23.2 Å². The van der Waals surface area contributed by atoms with Crippen LogP contribution in [-0.2, 0) is 16.1 Å². The number of carbonyl (C=O) groups excluding carboxylic acids is 2. The van der Waals surface area contributed by atoms with E-state index in [1.165, 1.54) is 0 Å². The van der Waals surface area contributed by atoms with E-state index in [0.717, 1.165) is 4.90 Å². The summed E-state index contributed by atoms with van der Waals surface area (Å²) >= 11 is 11.9. The number of amides is 2. The summed E-state index contributed by atoms with van der Waals surface area (Å²) in [6.07, 6.45) is 1.61. The average Bonchev–Trinajstić information content (AvgIpc) is 2.73. The molecular weight excluding hydrogens is 323 g/mol. The highest BCUT2D eigenvalue weighted by Crippen LogP contribution is 2.32. The van der Waals surface area contributed by atoms with Crippen molar-refractivity contribution in [1.82, 2.24) is 9.88 Å². The fourth-order valence-corrected chi connectivity index (χ4v) is 2.63. The van der Waals surface area contributed by atoms with Crippen LogP contribution < -0.4 is 0 Å². The number of pyridine rings is 1. The third-order valence-electron chi connectivity index (χ3n) is 3.29. The van der Waals surface area contributed by atoms with Crippen molar-refractivity contribution in [2.45, 2.75) is 6.54 Å². The monoisotopic (exact) mass is 332 g/mol. The molecule has 2 heterocycles. The number of hydrogen-bond donors (Lipinski definition) is 0. The molecular formula is C16H10Cl2N2O2. The molecule has 1 aromatic heterocycles. The Balaban J connectivity index is 1.92. The molecule has 0 aliphatic carbocycles. The van der Waals surface area contributed by atoms with Gasteiger partial charge in [-0.25, -0.2) is 0 Å². The third kappa shape index (κ3) is 2.63. The van der Waals surface area contributed by atoms with E-state index < -0.39 is 11.8 Å². The number of benzene rings is 1. The van der Waals surface area contributed by atoms with Crippen LogP contribution in [0, 0.1) is 0 Å². The highest BCUT2D eigenvalue weighted by molar-refractivity contribution is 6.55. The molecule has 0 atom stereocenters. The van der Waals surface area contributed by atoms with Crippen molar-refractivity contribution >= 4 is 40.6 Å². The second-order valence-corrected chi connectivity index (χ2v) is 5.53. The number of imide groups is 1. The van der Waals surface area contributed by atoms with E-state index in [0.29, 0.717) is 16.3 Å². The lowest BCUT2D eigenvalue weighted by molar-refractivity contribution is -0.137. The van der Waals surface area contributed by atoms with E-state index in [2.05, 4.69) is 4.98 Å². The van der Waals surface area contributed by atoms with Crippen LogP contribution >= 0.6 is 23.2 Å². The number of nitrogens with zero attached hydrogens (tertiary/aromatic N) is 2. The quantitative estimate of drug-likeness (QED) is 0.810. The second kappa shape index (κ2) is 5.91. The Morgan fingerprint density at radius 1 is 0.955 bits per heavy atom. The van der Waals surface area contributed by atoms with Gasteiger partial charge in [-0.1, -0.05) is 41.4 Å². The zero-order valence-electron chi connectivity index (χ0n) is 11.3. The molecule has 0 saturated carbocycles. The molecule has 4 nitrogen and oxygen atoms in total. The predicted octanol–water partition coefficient (Wildman–Crippen LogP) is 3.25. The van der Waals surface area contributed by atoms with Crippen LogP contribution in [0.1, 0.15) is 11.3 Å². The Labute approximate surface area is 137 Å². The molecule has 1 aliphatic rings. The van der Waals surface area contributed by atoms with Crippen LogP contribution in [0.25, 0.3) is 5.57 Å². The maximum atomic E-state index is 12.5. The molecule has 22 heavy (non-hydrogen) atoms. The molecule has 0 spiro atoms. The highest BCUT2D eigenvalue weighted by atomic mass is 35.5. The molecule has 0 radical (unpaired) electrons. The summed E-state index contributed by atoms with van der Waals surface area (Å²) in [4.78, 5) is 30.0. The van der Waals surface area contributed by atoms with Gasteiger partial charge in [-0.05, 0) is 29.8 Å². The summed E-state index contributed by atoms with van der Waals surface area (Å²) in [5.74, 6) is -0.940. The van der Waals surface area contributed by atoms with Crippen LogP contribution in [0.2, 0.25) is 5.02 Å². The Kier molecular flexibility index (Phi) is 3.96. The van der Waals surface area contributed by atoms with Crippen molar-refractivity contribution in [3.05, 3.63) is 70.0 Å². The fourth-order valence-electron chi connectivity index (χ4n) is 2.21. The van der Waals surface area contributed by atoms with Gasteiger partial charge in [0.15, 0.2) is 0 Å². The predicted molar refractivity (Wildman–Crippen MR) is 84.0 cm³/mol. The van der Waals surface area contributed by atoms with Gasteiger partial charge in [-0.2, -0.15) is 0 Å². The van der Waals surface area contributed by atoms with Crippen LogP contribution in [-0.4, -0.2) is 21.7 Å². The lowest BCUT2D eigenvalue weighted by atomic mass is 10.1. The van der Waals surface area contributed by atoms with Gasteiger partial charge < -0.3 is 0 Å². The zero-order valence-corrected chi connectivity index (χ0v) is 12.8. The fraction of sp³-hybridized carbons (Fsp3) is 0.0625. The molecule has 0 bridgehead atoms. The van der Waals surface area contributed by atoms with Crippen molar-refractivity contribution in [3.8, 4) is 0 Å². The minimum atomic E-state index is -0.512. The van der Waals surface area contributed by atoms with Crippen molar-refractivity contribution in [2.24, 2.45) is 0 Å². The Hall–Kier alpha value is -2.17. The average molecular weight is 333 g/mol. The SMILES string of the molecule is O=C1C(Cl)=C(c2ccc(Cl)cc2)C(=O)N1Cc1ccccn1. The first-order valence-corrected chi connectivity index (χ1v) is 7.25. The van der Waals surface area contributed by atoms with E-state index in [9.17, 15) is 9.59 Å².